The lowest BCUT2D eigenvalue weighted by Crippen LogP contribution is -2.40. The van der Waals surface area contributed by atoms with Gasteiger partial charge in [0.05, 0.1) is 5.02 Å². The van der Waals surface area contributed by atoms with Gasteiger partial charge in [-0.2, -0.15) is 4.72 Å². The maximum Gasteiger partial charge on any atom is 0.321 e. The minimum Gasteiger partial charge on any atom is -0.480 e. The summed E-state index contributed by atoms with van der Waals surface area (Å²) in [6.45, 7) is 1.76. The Morgan fingerprint density at radius 1 is 1.42 bits per heavy atom. The summed E-state index contributed by atoms with van der Waals surface area (Å²) in [7, 11) is -4.03. The van der Waals surface area contributed by atoms with E-state index in [9.17, 15) is 13.2 Å². The lowest BCUT2D eigenvalue weighted by atomic mass is 10.2. The van der Waals surface area contributed by atoms with Gasteiger partial charge in [-0.05, 0) is 24.6 Å². The Bertz CT molecular complexity index is 574. The van der Waals surface area contributed by atoms with Gasteiger partial charge in [-0.15, -0.1) is 0 Å². The Hall–Kier alpha value is -0.820. The molecule has 0 saturated carbocycles. The zero-order valence-corrected chi connectivity index (χ0v) is 12.4. The third-order valence-electron chi connectivity index (χ3n) is 2.36. The Labute approximate surface area is 121 Å². The average Bonchev–Trinajstić information content (AvgIpc) is 2.31. The van der Waals surface area contributed by atoms with Crippen LogP contribution in [0.5, 0.6) is 0 Å². The molecule has 0 fully saturated rings. The first-order valence-corrected chi connectivity index (χ1v) is 7.72. The van der Waals surface area contributed by atoms with Gasteiger partial charge in [0.1, 0.15) is 10.9 Å². The van der Waals surface area contributed by atoms with Crippen LogP contribution < -0.4 is 4.72 Å². The Balaban J connectivity index is 3.10. The molecule has 0 aliphatic rings. The van der Waals surface area contributed by atoms with E-state index < -0.39 is 22.0 Å². The molecule has 0 heterocycles. The van der Waals surface area contributed by atoms with Gasteiger partial charge in [-0.3, -0.25) is 4.79 Å². The SMILES string of the molecule is CCC[C@H](NS(=O)(=O)c1cc(Cl)ccc1Cl)C(=O)O. The first-order chi connectivity index (χ1) is 8.77. The standard InChI is InChI=1S/C11H13Cl2NO4S/c1-2-3-9(11(15)16)14-19(17,18)10-6-7(12)4-5-8(10)13/h4-6,9,14H,2-3H2,1H3,(H,15,16)/t9-/m0/s1. The third-order valence-corrected chi connectivity index (χ3v) is 4.54. The molecule has 106 valence electrons. The minimum atomic E-state index is -4.03. The monoisotopic (exact) mass is 325 g/mol. The van der Waals surface area contributed by atoms with Crippen LogP contribution in [-0.2, 0) is 14.8 Å². The number of carboxylic acids is 1. The Kier molecular flexibility index (Phi) is 5.61. The quantitative estimate of drug-likeness (QED) is 0.841. The van der Waals surface area contributed by atoms with Crippen molar-refractivity contribution in [3.63, 3.8) is 0 Å². The van der Waals surface area contributed by atoms with Crippen molar-refractivity contribution in [3.8, 4) is 0 Å². The van der Waals surface area contributed by atoms with E-state index in [1.165, 1.54) is 18.2 Å². The summed E-state index contributed by atoms with van der Waals surface area (Å²) in [5.41, 5.74) is 0. The number of nitrogens with one attached hydrogen (secondary N) is 1. The number of carboxylic acid groups (broad SMARTS) is 1. The molecule has 2 N–H and O–H groups in total. The molecule has 1 aromatic rings. The number of sulfonamides is 1. The summed E-state index contributed by atoms with van der Waals surface area (Å²) in [5.74, 6) is -1.23. The highest BCUT2D eigenvalue weighted by atomic mass is 35.5. The van der Waals surface area contributed by atoms with Crippen molar-refractivity contribution in [2.24, 2.45) is 0 Å². The molecule has 8 heteroatoms. The predicted molar refractivity (Wildman–Crippen MR) is 73.1 cm³/mol. The highest BCUT2D eigenvalue weighted by molar-refractivity contribution is 7.89. The summed E-state index contributed by atoms with van der Waals surface area (Å²) >= 11 is 11.5. The van der Waals surface area contributed by atoms with Crippen LogP contribution in [-0.4, -0.2) is 25.5 Å². The van der Waals surface area contributed by atoms with E-state index in [4.69, 9.17) is 28.3 Å². The highest BCUT2D eigenvalue weighted by Gasteiger charge is 2.26. The van der Waals surface area contributed by atoms with Crippen LogP contribution in [0.3, 0.4) is 0 Å². The molecule has 19 heavy (non-hydrogen) atoms. The van der Waals surface area contributed by atoms with Crippen LogP contribution in [0.25, 0.3) is 0 Å². The normalized spacial score (nSPS) is 13.2. The van der Waals surface area contributed by atoms with Gasteiger partial charge in [0.25, 0.3) is 0 Å². The zero-order valence-electron chi connectivity index (χ0n) is 10.1. The van der Waals surface area contributed by atoms with Gasteiger partial charge in [-0.25, -0.2) is 8.42 Å². The summed E-state index contributed by atoms with van der Waals surface area (Å²) in [6.07, 6.45) is 0.718. The molecule has 1 atom stereocenters. The largest absolute Gasteiger partial charge is 0.480 e. The topological polar surface area (TPSA) is 83.5 Å². The number of hydrogen-bond donors (Lipinski definition) is 2. The molecular weight excluding hydrogens is 313 g/mol. The summed E-state index contributed by atoms with van der Waals surface area (Å²) in [5, 5.41) is 9.14. The van der Waals surface area contributed by atoms with Gasteiger partial charge in [-0.1, -0.05) is 36.5 Å². The molecule has 0 saturated heterocycles. The second kappa shape index (κ2) is 6.56. The fourth-order valence-electron chi connectivity index (χ4n) is 1.46. The second-order valence-corrected chi connectivity index (χ2v) is 6.40. The fourth-order valence-corrected chi connectivity index (χ4v) is 3.44. The number of benzene rings is 1. The van der Waals surface area contributed by atoms with Crippen molar-refractivity contribution in [2.75, 3.05) is 0 Å². The minimum absolute atomic E-state index is 0.0162. The summed E-state index contributed by atoms with van der Waals surface area (Å²) in [4.78, 5) is 10.7. The Morgan fingerprint density at radius 2 is 2.05 bits per heavy atom. The van der Waals surface area contributed by atoms with Crippen LogP contribution in [0, 0.1) is 0 Å². The van der Waals surface area contributed by atoms with Gasteiger partial charge in [0, 0.05) is 5.02 Å². The number of halogens is 2. The van der Waals surface area contributed by atoms with Crippen molar-refractivity contribution in [1.82, 2.24) is 4.72 Å². The zero-order chi connectivity index (χ0) is 14.6. The molecular formula is C11H13Cl2NO4S. The molecule has 0 unspecified atom stereocenters. The Morgan fingerprint density at radius 3 is 2.58 bits per heavy atom. The lowest BCUT2D eigenvalue weighted by Gasteiger charge is -2.14. The van der Waals surface area contributed by atoms with Crippen molar-refractivity contribution < 1.29 is 18.3 Å². The van der Waals surface area contributed by atoms with Crippen molar-refractivity contribution >= 4 is 39.2 Å². The van der Waals surface area contributed by atoms with Crippen LogP contribution in [0.4, 0.5) is 0 Å². The van der Waals surface area contributed by atoms with Gasteiger partial charge in [0.15, 0.2) is 0 Å². The van der Waals surface area contributed by atoms with E-state index in [-0.39, 0.29) is 21.4 Å². The molecule has 5 nitrogen and oxygen atoms in total. The second-order valence-electron chi connectivity index (χ2n) is 3.88. The van der Waals surface area contributed by atoms with E-state index in [2.05, 4.69) is 4.72 Å². The van der Waals surface area contributed by atoms with Crippen LogP contribution in [0.2, 0.25) is 10.0 Å². The first-order valence-electron chi connectivity index (χ1n) is 5.48. The van der Waals surface area contributed by atoms with E-state index in [0.717, 1.165) is 0 Å². The molecule has 0 radical (unpaired) electrons. The van der Waals surface area contributed by atoms with Crippen molar-refractivity contribution in [2.45, 2.75) is 30.7 Å². The van der Waals surface area contributed by atoms with Crippen molar-refractivity contribution in [3.05, 3.63) is 28.2 Å². The van der Waals surface area contributed by atoms with Crippen LogP contribution in [0.15, 0.2) is 23.1 Å². The molecule has 0 bridgehead atoms. The van der Waals surface area contributed by atoms with E-state index in [0.29, 0.717) is 6.42 Å². The molecule has 0 amide bonds. The first kappa shape index (κ1) is 16.2. The number of rotatable bonds is 6. The lowest BCUT2D eigenvalue weighted by molar-refractivity contribution is -0.139. The number of carbonyl (C=O) groups is 1. The molecule has 1 aromatic carbocycles. The van der Waals surface area contributed by atoms with Crippen LogP contribution in [0.1, 0.15) is 19.8 Å². The highest BCUT2D eigenvalue weighted by Crippen LogP contribution is 2.25. The molecule has 0 aliphatic carbocycles. The molecule has 1 rings (SSSR count). The van der Waals surface area contributed by atoms with Gasteiger partial charge >= 0.3 is 5.97 Å². The predicted octanol–water partition coefficient (Wildman–Crippen LogP) is 2.53. The number of hydrogen-bond acceptors (Lipinski definition) is 3. The fraction of sp³-hybridized carbons (Fsp3) is 0.364. The van der Waals surface area contributed by atoms with Gasteiger partial charge in [0.2, 0.25) is 10.0 Å². The summed E-state index contributed by atoms with van der Waals surface area (Å²) in [6, 6.07) is 2.78. The molecule has 0 aromatic heterocycles. The molecule has 0 aliphatic heterocycles. The maximum absolute atomic E-state index is 12.1. The summed E-state index contributed by atoms with van der Waals surface area (Å²) < 4.78 is 26.3. The number of aliphatic carboxylic acids is 1. The van der Waals surface area contributed by atoms with E-state index >= 15 is 0 Å². The van der Waals surface area contributed by atoms with E-state index in [1.807, 2.05) is 0 Å². The smallest absolute Gasteiger partial charge is 0.321 e. The average molecular weight is 326 g/mol. The van der Waals surface area contributed by atoms with E-state index in [1.54, 1.807) is 6.92 Å². The van der Waals surface area contributed by atoms with Crippen LogP contribution >= 0.6 is 23.2 Å². The van der Waals surface area contributed by atoms with Gasteiger partial charge < -0.3 is 5.11 Å². The third kappa shape index (κ3) is 4.35. The maximum atomic E-state index is 12.1. The van der Waals surface area contributed by atoms with Crippen molar-refractivity contribution in [1.29, 1.82) is 0 Å². The molecule has 0 spiro atoms.